The van der Waals surface area contributed by atoms with Crippen molar-refractivity contribution in [3.8, 4) is 0 Å². The molecule has 0 aliphatic rings. The smallest absolute Gasteiger partial charge is 0.171 e. The number of carbonyl (C=O) groups excluding carboxylic acids is 1. The van der Waals surface area contributed by atoms with Gasteiger partial charge in [-0.2, -0.15) is 0 Å². The molecule has 0 aliphatic carbocycles. The highest BCUT2D eigenvalue weighted by atomic mass is 35.5. The number of hydrogen-bond acceptors (Lipinski definition) is 4. The Morgan fingerprint density at radius 1 is 1.70 bits per heavy atom. The normalized spacial score (nSPS) is 9.30. The van der Waals surface area contributed by atoms with Crippen molar-refractivity contribution in [2.45, 2.75) is 0 Å². The minimum absolute atomic E-state index is 0.0370. The SMILES string of the molecule is Nc1cnc(C=O)c(Cl)n1. The Labute approximate surface area is 62.0 Å². The number of aldehydes is 1. The summed E-state index contributed by atoms with van der Waals surface area (Å²) in [5, 5.41) is 0.0370. The fraction of sp³-hybridized carbons (Fsp3) is 0. The third-order valence-electron chi connectivity index (χ3n) is 0.886. The third kappa shape index (κ3) is 1.22. The molecule has 0 spiro atoms. The van der Waals surface area contributed by atoms with E-state index in [2.05, 4.69) is 9.97 Å². The van der Waals surface area contributed by atoms with Crippen molar-refractivity contribution in [1.82, 2.24) is 9.97 Å². The van der Waals surface area contributed by atoms with Gasteiger partial charge in [0.05, 0.1) is 6.20 Å². The second-order valence-corrected chi connectivity index (χ2v) is 1.95. The van der Waals surface area contributed by atoms with E-state index in [1.165, 1.54) is 6.20 Å². The van der Waals surface area contributed by atoms with E-state index < -0.39 is 0 Å². The summed E-state index contributed by atoms with van der Waals surface area (Å²) in [6.07, 6.45) is 1.80. The summed E-state index contributed by atoms with van der Waals surface area (Å²) in [5.41, 5.74) is 5.32. The lowest BCUT2D eigenvalue weighted by molar-refractivity contribution is 0.111. The van der Waals surface area contributed by atoms with Crippen LogP contribution in [0.3, 0.4) is 0 Å². The molecule has 4 nitrogen and oxygen atoms in total. The molecule has 10 heavy (non-hydrogen) atoms. The molecule has 52 valence electrons. The number of carbonyl (C=O) groups is 1. The maximum atomic E-state index is 10.1. The van der Waals surface area contributed by atoms with Crippen molar-refractivity contribution in [1.29, 1.82) is 0 Å². The lowest BCUT2D eigenvalue weighted by Gasteiger charge is -1.93. The number of nitrogens with zero attached hydrogens (tertiary/aromatic N) is 2. The van der Waals surface area contributed by atoms with E-state index >= 15 is 0 Å². The van der Waals surface area contributed by atoms with E-state index in [1.807, 2.05) is 0 Å². The standard InChI is InChI=1S/C5H4ClN3O/c6-5-3(2-10)8-1-4(7)9-5/h1-2H,(H2,7,9). The van der Waals surface area contributed by atoms with Gasteiger partial charge in [0.25, 0.3) is 0 Å². The Hall–Kier alpha value is -1.16. The van der Waals surface area contributed by atoms with Crippen molar-refractivity contribution < 1.29 is 4.79 Å². The molecule has 0 unspecified atom stereocenters. The Kier molecular flexibility index (Phi) is 1.82. The molecule has 0 bridgehead atoms. The minimum atomic E-state index is 0.0370. The molecule has 0 radical (unpaired) electrons. The average molecular weight is 158 g/mol. The predicted molar refractivity (Wildman–Crippen MR) is 36.8 cm³/mol. The van der Waals surface area contributed by atoms with Gasteiger partial charge in [-0.1, -0.05) is 11.6 Å². The highest BCUT2D eigenvalue weighted by Gasteiger charge is 2.00. The van der Waals surface area contributed by atoms with Gasteiger partial charge in [0.2, 0.25) is 0 Å². The number of nitrogen functional groups attached to an aromatic ring is 1. The summed E-state index contributed by atoms with van der Waals surface area (Å²) >= 11 is 5.44. The number of halogens is 1. The largest absolute Gasteiger partial charge is 0.382 e. The fourth-order valence-corrected chi connectivity index (χ4v) is 0.658. The lowest BCUT2D eigenvalue weighted by atomic mass is 10.5. The van der Waals surface area contributed by atoms with Crippen LogP contribution in [-0.2, 0) is 0 Å². The zero-order valence-corrected chi connectivity index (χ0v) is 5.67. The Morgan fingerprint density at radius 2 is 2.40 bits per heavy atom. The van der Waals surface area contributed by atoms with E-state index in [-0.39, 0.29) is 16.7 Å². The molecule has 0 amide bonds. The molecule has 0 atom stereocenters. The van der Waals surface area contributed by atoms with Gasteiger partial charge < -0.3 is 5.73 Å². The van der Waals surface area contributed by atoms with Crippen molar-refractivity contribution in [2.24, 2.45) is 0 Å². The van der Waals surface area contributed by atoms with Crippen molar-refractivity contribution >= 4 is 23.7 Å². The van der Waals surface area contributed by atoms with E-state index in [1.54, 1.807) is 0 Å². The van der Waals surface area contributed by atoms with E-state index in [0.29, 0.717) is 6.29 Å². The van der Waals surface area contributed by atoms with Crippen LogP contribution in [0.4, 0.5) is 5.82 Å². The van der Waals surface area contributed by atoms with Gasteiger partial charge in [-0.25, -0.2) is 9.97 Å². The fourth-order valence-electron chi connectivity index (χ4n) is 0.467. The molecule has 0 aliphatic heterocycles. The molecule has 2 N–H and O–H groups in total. The molecule has 0 fully saturated rings. The second-order valence-electron chi connectivity index (χ2n) is 1.59. The summed E-state index contributed by atoms with van der Waals surface area (Å²) in [6, 6.07) is 0. The van der Waals surface area contributed by atoms with E-state index in [4.69, 9.17) is 17.3 Å². The molecule has 5 heteroatoms. The second kappa shape index (κ2) is 2.62. The van der Waals surface area contributed by atoms with Crippen LogP contribution in [0.5, 0.6) is 0 Å². The predicted octanol–water partition coefficient (Wildman–Crippen LogP) is 0.525. The van der Waals surface area contributed by atoms with Gasteiger partial charge >= 0.3 is 0 Å². The minimum Gasteiger partial charge on any atom is -0.382 e. The van der Waals surface area contributed by atoms with Gasteiger partial charge in [0, 0.05) is 0 Å². The van der Waals surface area contributed by atoms with Gasteiger partial charge in [-0.3, -0.25) is 4.79 Å². The van der Waals surface area contributed by atoms with Crippen LogP contribution < -0.4 is 5.73 Å². The van der Waals surface area contributed by atoms with Crippen LogP contribution in [-0.4, -0.2) is 16.3 Å². The summed E-state index contributed by atoms with van der Waals surface area (Å²) in [5.74, 6) is 0.204. The first-order valence-electron chi connectivity index (χ1n) is 2.47. The zero-order valence-electron chi connectivity index (χ0n) is 4.91. The first kappa shape index (κ1) is 6.95. The molecule has 1 aromatic rings. The van der Waals surface area contributed by atoms with Crippen LogP contribution in [0.1, 0.15) is 10.5 Å². The molecular formula is C5H4ClN3O. The van der Waals surface area contributed by atoms with E-state index in [0.717, 1.165) is 0 Å². The summed E-state index contributed by atoms with van der Waals surface area (Å²) < 4.78 is 0. The van der Waals surface area contributed by atoms with Gasteiger partial charge in [0.15, 0.2) is 11.4 Å². The quantitative estimate of drug-likeness (QED) is 0.604. The van der Waals surface area contributed by atoms with E-state index in [9.17, 15) is 4.79 Å². The first-order valence-corrected chi connectivity index (χ1v) is 2.85. The molecule has 0 aromatic carbocycles. The summed E-state index contributed by atoms with van der Waals surface area (Å²) in [4.78, 5) is 17.3. The first-order chi connectivity index (χ1) is 4.74. The van der Waals surface area contributed by atoms with Gasteiger partial charge in [0.1, 0.15) is 11.5 Å². The number of anilines is 1. The molecule has 0 saturated heterocycles. The highest BCUT2D eigenvalue weighted by Crippen LogP contribution is 2.08. The molecule has 1 heterocycles. The number of aromatic nitrogens is 2. The Bertz CT molecular complexity index is 263. The maximum absolute atomic E-state index is 10.1. The van der Waals surface area contributed by atoms with Gasteiger partial charge in [-0.05, 0) is 0 Å². The topological polar surface area (TPSA) is 68.9 Å². The van der Waals surface area contributed by atoms with Crippen molar-refractivity contribution in [3.63, 3.8) is 0 Å². The third-order valence-corrected chi connectivity index (χ3v) is 1.16. The number of hydrogen-bond donors (Lipinski definition) is 1. The maximum Gasteiger partial charge on any atom is 0.171 e. The van der Waals surface area contributed by atoms with Crippen molar-refractivity contribution in [2.75, 3.05) is 5.73 Å². The Balaban J connectivity index is 3.19. The molecular weight excluding hydrogens is 154 g/mol. The van der Waals surface area contributed by atoms with Crippen LogP contribution in [0.25, 0.3) is 0 Å². The number of nitrogens with two attached hydrogens (primary N) is 1. The molecule has 1 rings (SSSR count). The monoisotopic (exact) mass is 157 g/mol. The Morgan fingerprint density at radius 3 is 2.90 bits per heavy atom. The average Bonchev–Trinajstić information content (AvgIpc) is 1.88. The summed E-state index contributed by atoms with van der Waals surface area (Å²) in [6.45, 7) is 0. The van der Waals surface area contributed by atoms with Crippen LogP contribution in [0.15, 0.2) is 6.20 Å². The molecule has 0 saturated carbocycles. The van der Waals surface area contributed by atoms with Crippen LogP contribution in [0, 0.1) is 0 Å². The van der Waals surface area contributed by atoms with Crippen LogP contribution >= 0.6 is 11.6 Å². The van der Waals surface area contributed by atoms with Crippen molar-refractivity contribution in [3.05, 3.63) is 17.0 Å². The zero-order chi connectivity index (χ0) is 7.56. The van der Waals surface area contributed by atoms with Gasteiger partial charge in [-0.15, -0.1) is 0 Å². The highest BCUT2D eigenvalue weighted by molar-refractivity contribution is 6.31. The number of rotatable bonds is 1. The summed E-state index contributed by atoms with van der Waals surface area (Å²) in [7, 11) is 0. The van der Waals surface area contributed by atoms with Crippen LogP contribution in [0.2, 0.25) is 5.15 Å². The lowest BCUT2D eigenvalue weighted by Crippen LogP contribution is -1.96. The molecule has 1 aromatic heterocycles.